The zero-order valence-corrected chi connectivity index (χ0v) is 10.2. The molecule has 2 heterocycles. The van der Waals surface area contributed by atoms with Crippen LogP contribution in [0.5, 0.6) is 0 Å². The van der Waals surface area contributed by atoms with Crippen LogP contribution in [0.1, 0.15) is 24.6 Å². The minimum atomic E-state index is -0.0347. The zero-order chi connectivity index (χ0) is 12.1. The molecule has 0 saturated heterocycles. The van der Waals surface area contributed by atoms with Crippen LogP contribution in [0.3, 0.4) is 0 Å². The number of ether oxygens (including phenoxy) is 1. The first-order valence-electron chi connectivity index (χ1n) is 6.19. The molecule has 1 aliphatic heterocycles. The van der Waals surface area contributed by atoms with Gasteiger partial charge in [0.05, 0.1) is 18.8 Å². The van der Waals surface area contributed by atoms with Crippen LogP contribution in [0.4, 0.5) is 0 Å². The lowest BCUT2D eigenvalue weighted by Gasteiger charge is -2.16. The molecule has 0 aromatic carbocycles. The maximum atomic E-state index is 11.8. The zero-order valence-electron chi connectivity index (χ0n) is 10.2. The van der Waals surface area contributed by atoms with Crippen LogP contribution >= 0.6 is 0 Å². The third-order valence-corrected chi connectivity index (χ3v) is 2.81. The fraction of sp³-hybridized carbons (Fsp3) is 0.667. The van der Waals surface area contributed by atoms with Gasteiger partial charge in [0, 0.05) is 32.2 Å². The summed E-state index contributed by atoms with van der Waals surface area (Å²) < 4.78 is 6.89. The molecule has 1 N–H and O–H groups in total. The van der Waals surface area contributed by atoms with Crippen molar-refractivity contribution < 1.29 is 4.74 Å². The third-order valence-electron chi connectivity index (χ3n) is 2.81. The quantitative estimate of drug-likeness (QED) is 0.749. The summed E-state index contributed by atoms with van der Waals surface area (Å²) in [4.78, 5) is 11.8. The first-order chi connectivity index (χ1) is 8.31. The molecule has 0 unspecified atom stereocenters. The molecule has 94 valence electrons. The van der Waals surface area contributed by atoms with E-state index in [1.807, 2.05) is 0 Å². The summed E-state index contributed by atoms with van der Waals surface area (Å²) in [6.07, 6.45) is 1.89. The number of hydrogen-bond acceptors (Lipinski definition) is 4. The average molecular weight is 237 g/mol. The number of nitrogens with zero attached hydrogens (tertiary/aromatic N) is 2. The standard InChI is InChI=1S/C12H19N3O2/c1-2-6-17-7-5-15-12(16)8-10-9-13-4-3-11(10)14-15/h8,13H,2-7,9H2,1H3. The second-order valence-corrected chi connectivity index (χ2v) is 4.22. The second kappa shape index (κ2) is 5.93. The monoisotopic (exact) mass is 237 g/mol. The van der Waals surface area contributed by atoms with Crippen LogP contribution in [0.25, 0.3) is 0 Å². The summed E-state index contributed by atoms with van der Waals surface area (Å²) in [7, 11) is 0. The van der Waals surface area contributed by atoms with Gasteiger partial charge in [0.2, 0.25) is 0 Å². The molecular weight excluding hydrogens is 218 g/mol. The summed E-state index contributed by atoms with van der Waals surface area (Å²) in [5.41, 5.74) is 2.04. The molecule has 0 spiro atoms. The van der Waals surface area contributed by atoms with Crippen molar-refractivity contribution in [2.75, 3.05) is 19.8 Å². The van der Waals surface area contributed by atoms with Crippen molar-refractivity contribution in [3.8, 4) is 0 Å². The number of aromatic nitrogens is 2. The van der Waals surface area contributed by atoms with Crippen molar-refractivity contribution in [1.82, 2.24) is 15.1 Å². The van der Waals surface area contributed by atoms with Crippen LogP contribution in [0.2, 0.25) is 0 Å². The molecule has 5 heteroatoms. The Hall–Kier alpha value is -1.20. The highest BCUT2D eigenvalue weighted by atomic mass is 16.5. The SMILES string of the molecule is CCCOCCn1nc2c(cc1=O)CNCC2. The topological polar surface area (TPSA) is 56.2 Å². The summed E-state index contributed by atoms with van der Waals surface area (Å²) in [5, 5.41) is 7.63. The van der Waals surface area contributed by atoms with Crippen LogP contribution < -0.4 is 10.9 Å². The van der Waals surface area contributed by atoms with Crippen LogP contribution in [-0.2, 0) is 24.2 Å². The van der Waals surface area contributed by atoms with E-state index >= 15 is 0 Å². The Morgan fingerprint density at radius 2 is 2.41 bits per heavy atom. The van der Waals surface area contributed by atoms with E-state index in [2.05, 4.69) is 17.3 Å². The molecule has 0 atom stereocenters. The molecule has 1 aromatic rings. The van der Waals surface area contributed by atoms with Gasteiger partial charge in [0.1, 0.15) is 0 Å². The smallest absolute Gasteiger partial charge is 0.267 e. The molecule has 2 rings (SSSR count). The largest absolute Gasteiger partial charge is 0.380 e. The van der Waals surface area contributed by atoms with Gasteiger partial charge in [-0.05, 0) is 12.0 Å². The lowest BCUT2D eigenvalue weighted by atomic mass is 10.1. The van der Waals surface area contributed by atoms with Crippen molar-refractivity contribution in [1.29, 1.82) is 0 Å². The van der Waals surface area contributed by atoms with Crippen molar-refractivity contribution in [3.63, 3.8) is 0 Å². The summed E-state index contributed by atoms with van der Waals surface area (Å²) in [6.45, 7) is 5.59. The van der Waals surface area contributed by atoms with Crippen LogP contribution in [-0.4, -0.2) is 29.5 Å². The van der Waals surface area contributed by atoms with E-state index in [-0.39, 0.29) is 5.56 Å². The lowest BCUT2D eigenvalue weighted by Crippen LogP contribution is -2.32. The second-order valence-electron chi connectivity index (χ2n) is 4.22. The molecule has 17 heavy (non-hydrogen) atoms. The van der Waals surface area contributed by atoms with Crippen molar-refractivity contribution in [2.24, 2.45) is 0 Å². The summed E-state index contributed by atoms with van der Waals surface area (Å²) in [6, 6.07) is 1.69. The molecule has 0 aliphatic carbocycles. The van der Waals surface area contributed by atoms with Gasteiger partial charge in [-0.25, -0.2) is 4.68 Å². The Labute approximate surface area is 101 Å². The number of fused-ring (bicyclic) bond motifs is 1. The van der Waals surface area contributed by atoms with Gasteiger partial charge in [0.25, 0.3) is 5.56 Å². The lowest BCUT2D eigenvalue weighted by molar-refractivity contribution is 0.123. The summed E-state index contributed by atoms with van der Waals surface area (Å²) in [5.74, 6) is 0. The predicted octanol–water partition coefficient (Wildman–Crippen LogP) is 0.316. The Kier molecular flexibility index (Phi) is 4.28. The van der Waals surface area contributed by atoms with Gasteiger partial charge in [-0.1, -0.05) is 6.92 Å². The molecule has 0 amide bonds. The van der Waals surface area contributed by atoms with E-state index in [1.54, 1.807) is 6.07 Å². The van der Waals surface area contributed by atoms with Gasteiger partial charge < -0.3 is 10.1 Å². The highest BCUT2D eigenvalue weighted by molar-refractivity contribution is 5.20. The van der Waals surface area contributed by atoms with E-state index < -0.39 is 0 Å². The molecule has 1 aromatic heterocycles. The maximum Gasteiger partial charge on any atom is 0.267 e. The van der Waals surface area contributed by atoms with Gasteiger partial charge in [-0.15, -0.1) is 0 Å². The number of rotatable bonds is 5. The number of hydrogen-bond donors (Lipinski definition) is 1. The van der Waals surface area contributed by atoms with Crippen LogP contribution in [0, 0.1) is 0 Å². The molecular formula is C12H19N3O2. The van der Waals surface area contributed by atoms with E-state index in [4.69, 9.17) is 4.74 Å². The fourth-order valence-electron chi connectivity index (χ4n) is 1.92. The van der Waals surface area contributed by atoms with Gasteiger partial charge in [0.15, 0.2) is 0 Å². The average Bonchev–Trinajstić information content (AvgIpc) is 2.35. The van der Waals surface area contributed by atoms with Gasteiger partial charge in [-0.2, -0.15) is 5.10 Å². The summed E-state index contributed by atoms with van der Waals surface area (Å²) >= 11 is 0. The Bertz CT molecular complexity index is 428. The first-order valence-corrected chi connectivity index (χ1v) is 6.19. The molecule has 1 aliphatic rings. The number of nitrogens with one attached hydrogen (secondary N) is 1. The van der Waals surface area contributed by atoms with E-state index in [0.29, 0.717) is 13.2 Å². The van der Waals surface area contributed by atoms with E-state index in [9.17, 15) is 4.79 Å². The minimum absolute atomic E-state index is 0.0347. The van der Waals surface area contributed by atoms with Crippen molar-refractivity contribution in [3.05, 3.63) is 27.7 Å². The third kappa shape index (κ3) is 3.14. The highest BCUT2D eigenvalue weighted by Crippen LogP contribution is 2.07. The Morgan fingerprint density at radius 3 is 3.24 bits per heavy atom. The Balaban J connectivity index is 2.04. The first kappa shape index (κ1) is 12.3. The minimum Gasteiger partial charge on any atom is -0.380 e. The van der Waals surface area contributed by atoms with E-state index in [1.165, 1.54) is 4.68 Å². The Morgan fingerprint density at radius 1 is 1.53 bits per heavy atom. The van der Waals surface area contributed by atoms with Crippen molar-refractivity contribution >= 4 is 0 Å². The van der Waals surface area contributed by atoms with Gasteiger partial charge >= 0.3 is 0 Å². The molecule has 0 radical (unpaired) electrons. The maximum absolute atomic E-state index is 11.8. The van der Waals surface area contributed by atoms with E-state index in [0.717, 1.165) is 43.8 Å². The predicted molar refractivity (Wildman–Crippen MR) is 65.0 cm³/mol. The molecule has 0 bridgehead atoms. The van der Waals surface area contributed by atoms with Gasteiger partial charge in [-0.3, -0.25) is 4.79 Å². The van der Waals surface area contributed by atoms with Crippen LogP contribution in [0.15, 0.2) is 10.9 Å². The molecule has 0 fully saturated rings. The normalized spacial score (nSPS) is 14.6. The fourth-order valence-corrected chi connectivity index (χ4v) is 1.92. The van der Waals surface area contributed by atoms with Crippen molar-refractivity contribution in [2.45, 2.75) is 32.9 Å². The molecule has 0 saturated carbocycles. The molecule has 5 nitrogen and oxygen atoms in total. The highest BCUT2D eigenvalue weighted by Gasteiger charge is 2.12.